The maximum Gasteiger partial charge on any atom is 0.219 e. The Balaban J connectivity index is 2.48. The lowest BCUT2D eigenvalue weighted by atomic mass is 10.5. The van der Waals surface area contributed by atoms with E-state index < -0.39 is 0 Å². The monoisotopic (exact) mass is 226 g/mol. The SMILES string of the molecule is Cc1nn(-c2ccco2)cc1Br. The van der Waals surface area contributed by atoms with Gasteiger partial charge < -0.3 is 4.42 Å². The quantitative estimate of drug-likeness (QED) is 0.749. The zero-order valence-corrected chi connectivity index (χ0v) is 8.08. The Morgan fingerprint density at radius 2 is 2.42 bits per heavy atom. The number of furan rings is 1. The van der Waals surface area contributed by atoms with E-state index in [4.69, 9.17) is 4.42 Å². The van der Waals surface area contributed by atoms with Crippen LogP contribution in [0, 0.1) is 6.92 Å². The smallest absolute Gasteiger partial charge is 0.219 e. The molecule has 4 heteroatoms. The first-order valence-corrected chi connectivity index (χ1v) is 4.32. The molecule has 0 atom stereocenters. The minimum absolute atomic E-state index is 0.726. The van der Waals surface area contributed by atoms with E-state index in [2.05, 4.69) is 21.0 Å². The number of aromatic nitrogens is 2. The first kappa shape index (κ1) is 7.61. The molecule has 2 aromatic rings. The van der Waals surface area contributed by atoms with Gasteiger partial charge in [-0.15, -0.1) is 0 Å². The Labute approximate surface area is 78.1 Å². The van der Waals surface area contributed by atoms with Gasteiger partial charge in [0.25, 0.3) is 0 Å². The molecule has 0 spiro atoms. The normalized spacial score (nSPS) is 10.5. The van der Waals surface area contributed by atoms with E-state index in [1.54, 1.807) is 10.9 Å². The molecule has 62 valence electrons. The molecule has 12 heavy (non-hydrogen) atoms. The van der Waals surface area contributed by atoms with Crippen molar-refractivity contribution < 1.29 is 4.42 Å². The summed E-state index contributed by atoms with van der Waals surface area (Å²) in [6, 6.07) is 3.69. The molecular weight excluding hydrogens is 220 g/mol. The van der Waals surface area contributed by atoms with Crippen molar-refractivity contribution in [1.29, 1.82) is 0 Å². The van der Waals surface area contributed by atoms with E-state index in [9.17, 15) is 0 Å². The summed E-state index contributed by atoms with van der Waals surface area (Å²) >= 11 is 3.38. The zero-order valence-electron chi connectivity index (χ0n) is 6.49. The van der Waals surface area contributed by atoms with E-state index in [1.165, 1.54) is 0 Å². The fourth-order valence-corrected chi connectivity index (χ4v) is 1.23. The van der Waals surface area contributed by atoms with E-state index >= 15 is 0 Å². The molecule has 0 fully saturated rings. The minimum atomic E-state index is 0.726. The summed E-state index contributed by atoms with van der Waals surface area (Å²) in [7, 11) is 0. The molecule has 3 nitrogen and oxygen atoms in total. The van der Waals surface area contributed by atoms with Crippen molar-refractivity contribution in [3.05, 3.63) is 34.8 Å². The summed E-state index contributed by atoms with van der Waals surface area (Å²) in [6.45, 7) is 1.93. The summed E-state index contributed by atoms with van der Waals surface area (Å²) in [4.78, 5) is 0. The Bertz CT molecular complexity index is 358. The van der Waals surface area contributed by atoms with Crippen LogP contribution in [0.3, 0.4) is 0 Å². The Morgan fingerprint density at radius 3 is 2.92 bits per heavy atom. The van der Waals surface area contributed by atoms with Gasteiger partial charge in [0, 0.05) is 12.3 Å². The number of rotatable bonds is 1. The van der Waals surface area contributed by atoms with Crippen LogP contribution in [0.2, 0.25) is 0 Å². The highest BCUT2D eigenvalue weighted by molar-refractivity contribution is 9.10. The van der Waals surface area contributed by atoms with Crippen molar-refractivity contribution in [3.63, 3.8) is 0 Å². The molecule has 2 heterocycles. The Kier molecular flexibility index (Phi) is 1.77. The second-order valence-electron chi connectivity index (χ2n) is 2.46. The predicted octanol–water partition coefficient (Wildman–Crippen LogP) is 2.54. The van der Waals surface area contributed by atoms with Gasteiger partial charge >= 0.3 is 0 Å². The van der Waals surface area contributed by atoms with Crippen molar-refractivity contribution in [2.75, 3.05) is 0 Å². The maximum absolute atomic E-state index is 5.17. The molecule has 0 aliphatic carbocycles. The lowest BCUT2D eigenvalue weighted by Gasteiger charge is -1.91. The predicted molar refractivity (Wildman–Crippen MR) is 48.3 cm³/mol. The van der Waals surface area contributed by atoms with Gasteiger partial charge in [-0.05, 0) is 28.9 Å². The van der Waals surface area contributed by atoms with Crippen molar-refractivity contribution in [2.45, 2.75) is 6.92 Å². The molecule has 0 N–H and O–H groups in total. The average molecular weight is 227 g/mol. The highest BCUT2D eigenvalue weighted by Gasteiger charge is 2.04. The third-order valence-corrected chi connectivity index (χ3v) is 2.35. The van der Waals surface area contributed by atoms with Crippen LogP contribution in [0.15, 0.2) is 33.5 Å². The molecule has 0 aliphatic heterocycles. The van der Waals surface area contributed by atoms with E-state index in [1.807, 2.05) is 25.3 Å². The summed E-state index contributed by atoms with van der Waals surface area (Å²) in [5.41, 5.74) is 0.950. The molecule has 2 aromatic heterocycles. The molecule has 0 saturated carbocycles. The summed E-state index contributed by atoms with van der Waals surface area (Å²) in [5.74, 6) is 0.726. The third kappa shape index (κ3) is 1.18. The molecule has 0 aliphatic rings. The molecule has 0 unspecified atom stereocenters. The molecule has 0 radical (unpaired) electrons. The fraction of sp³-hybridized carbons (Fsp3) is 0.125. The van der Waals surface area contributed by atoms with Crippen molar-refractivity contribution in [1.82, 2.24) is 9.78 Å². The first-order chi connectivity index (χ1) is 5.77. The van der Waals surface area contributed by atoms with Gasteiger partial charge in [0.15, 0.2) is 0 Å². The van der Waals surface area contributed by atoms with Gasteiger partial charge in [-0.2, -0.15) is 5.10 Å². The number of nitrogens with zero attached hydrogens (tertiary/aromatic N) is 2. The lowest BCUT2D eigenvalue weighted by Crippen LogP contribution is -1.91. The van der Waals surface area contributed by atoms with Gasteiger partial charge in [-0.3, -0.25) is 0 Å². The van der Waals surface area contributed by atoms with Crippen LogP contribution < -0.4 is 0 Å². The van der Waals surface area contributed by atoms with Crippen LogP contribution in [-0.2, 0) is 0 Å². The van der Waals surface area contributed by atoms with Gasteiger partial charge in [0.1, 0.15) is 0 Å². The molecule has 2 rings (SSSR count). The second kappa shape index (κ2) is 2.79. The van der Waals surface area contributed by atoms with Crippen LogP contribution in [-0.4, -0.2) is 9.78 Å². The van der Waals surface area contributed by atoms with Crippen molar-refractivity contribution in [2.24, 2.45) is 0 Å². The van der Waals surface area contributed by atoms with Gasteiger partial charge in [0.2, 0.25) is 5.88 Å². The Morgan fingerprint density at radius 1 is 1.58 bits per heavy atom. The first-order valence-electron chi connectivity index (χ1n) is 3.53. The highest BCUT2D eigenvalue weighted by atomic mass is 79.9. The molecule has 0 aromatic carbocycles. The molecule has 0 saturated heterocycles. The van der Waals surface area contributed by atoms with Crippen LogP contribution in [0.1, 0.15) is 5.69 Å². The number of hydrogen-bond acceptors (Lipinski definition) is 2. The van der Waals surface area contributed by atoms with Gasteiger partial charge in [-0.1, -0.05) is 0 Å². The number of aryl methyl sites for hydroxylation is 1. The average Bonchev–Trinajstić information content (AvgIpc) is 2.61. The molecule has 0 bridgehead atoms. The third-order valence-electron chi connectivity index (χ3n) is 1.57. The van der Waals surface area contributed by atoms with Crippen LogP contribution in [0.5, 0.6) is 0 Å². The Hall–Kier alpha value is -1.03. The summed E-state index contributed by atoms with van der Waals surface area (Å²) in [6.07, 6.45) is 3.49. The second-order valence-corrected chi connectivity index (χ2v) is 3.31. The van der Waals surface area contributed by atoms with Crippen LogP contribution in [0.25, 0.3) is 5.88 Å². The largest absolute Gasteiger partial charge is 0.447 e. The lowest BCUT2D eigenvalue weighted by molar-refractivity contribution is 0.521. The fourth-order valence-electron chi connectivity index (χ4n) is 0.952. The standard InChI is InChI=1S/C8H7BrN2O/c1-6-7(9)5-11(10-6)8-3-2-4-12-8/h2-5H,1H3. The number of halogens is 1. The number of hydrogen-bond donors (Lipinski definition) is 0. The topological polar surface area (TPSA) is 31.0 Å². The van der Waals surface area contributed by atoms with E-state index in [-0.39, 0.29) is 0 Å². The summed E-state index contributed by atoms with van der Waals surface area (Å²) in [5, 5.41) is 4.23. The van der Waals surface area contributed by atoms with Crippen LogP contribution >= 0.6 is 15.9 Å². The van der Waals surface area contributed by atoms with Crippen LogP contribution in [0.4, 0.5) is 0 Å². The van der Waals surface area contributed by atoms with Gasteiger partial charge in [0.05, 0.1) is 16.4 Å². The highest BCUT2D eigenvalue weighted by Crippen LogP contribution is 2.16. The molecule has 0 amide bonds. The van der Waals surface area contributed by atoms with Crippen molar-refractivity contribution in [3.8, 4) is 5.88 Å². The van der Waals surface area contributed by atoms with Crippen molar-refractivity contribution >= 4 is 15.9 Å². The van der Waals surface area contributed by atoms with E-state index in [0.717, 1.165) is 16.1 Å². The molecular formula is C8H7BrN2O. The zero-order chi connectivity index (χ0) is 8.55. The van der Waals surface area contributed by atoms with Gasteiger partial charge in [-0.25, -0.2) is 4.68 Å². The summed E-state index contributed by atoms with van der Waals surface area (Å²) < 4.78 is 7.85. The maximum atomic E-state index is 5.17. The van der Waals surface area contributed by atoms with E-state index in [0.29, 0.717) is 0 Å². The minimum Gasteiger partial charge on any atom is -0.447 e.